The maximum absolute atomic E-state index is 11.4. The monoisotopic (exact) mass is 231 g/mol. The van der Waals surface area contributed by atoms with Gasteiger partial charge in [0.05, 0.1) is 0 Å². The van der Waals surface area contributed by atoms with Crippen molar-refractivity contribution < 1.29 is 4.52 Å². The summed E-state index contributed by atoms with van der Waals surface area (Å²) < 4.78 is 5.21. The molecular weight excluding hydrogens is 218 g/mol. The molecule has 0 radical (unpaired) electrons. The molecule has 3 rings (SSSR count). The highest BCUT2D eigenvalue weighted by Gasteiger charge is 2.43. The Balaban J connectivity index is 2.03. The molecule has 2 aromatic rings. The van der Waals surface area contributed by atoms with Gasteiger partial charge in [-0.1, -0.05) is 12.1 Å². The van der Waals surface area contributed by atoms with Crippen molar-refractivity contribution >= 4 is 0 Å². The maximum atomic E-state index is 11.4. The van der Waals surface area contributed by atoms with Gasteiger partial charge in [-0.2, -0.15) is 4.98 Å². The standard InChI is InChI=1S/C12H13N3O2/c1-7-5-8(6-9(16)13-7)10-14-11(15-17-10)12(2)3-4-12/h5-6H,3-4H2,1-2H3,(H,13,16). The molecule has 1 N–H and O–H groups in total. The summed E-state index contributed by atoms with van der Waals surface area (Å²) in [6.45, 7) is 3.94. The van der Waals surface area contributed by atoms with E-state index in [0.29, 0.717) is 11.5 Å². The number of hydrogen-bond donors (Lipinski definition) is 1. The normalized spacial score (nSPS) is 17.1. The number of rotatable bonds is 2. The van der Waals surface area contributed by atoms with Crippen molar-refractivity contribution in [3.05, 3.63) is 34.0 Å². The van der Waals surface area contributed by atoms with Gasteiger partial charge in [0.1, 0.15) is 0 Å². The average Bonchev–Trinajstić information content (AvgIpc) is 2.82. The number of hydrogen-bond acceptors (Lipinski definition) is 4. The number of aromatic amines is 1. The Bertz CT molecular complexity index is 623. The van der Waals surface area contributed by atoms with Crippen LogP contribution in [-0.4, -0.2) is 15.1 Å². The van der Waals surface area contributed by atoms with Crippen LogP contribution in [0.15, 0.2) is 21.5 Å². The number of nitrogens with zero attached hydrogens (tertiary/aromatic N) is 2. The molecule has 2 aromatic heterocycles. The summed E-state index contributed by atoms with van der Waals surface area (Å²) >= 11 is 0. The third kappa shape index (κ3) is 1.77. The van der Waals surface area contributed by atoms with E-state index >= 15 is 0 Å². The predicted molar refractivity (Wildman–Crippen MR) is 61.7 cm³/mol. The highest BCUT2D eigenvalue weighted by Crippen LogP contribution is 2.46. The Morgan fingerprint density at radius 1 is 1.41 bits per heavy atom. The number of aryl methyl sites for hydroxylation is 1. The minimum absolute atomic E-state index is 0.0813. The summed E-state index contributed by atoms with van der Waals surface area (Å²) in [7, 11) is 0. The third-order valence-electron chi connectivity index (χ3n) is 3.19. The Morgan fingerprint density at radius 2 is 2.18 bits per heavy atom. The van der Waals surface area contributed by atoms with Gasteiger partial charge in [-0.05, 0) is 25.8 Å². The molecule has 0 aliphatic heterocycles. The zero-order valence-corrected chi connectivity index (χ0v) is 9.78. The van der Waals surface area contributed by atoms with Crippen molar-refractivity contribution in [2.45, 2.75) is 32.1 Å². The molecule has 1 aliphatic carbocycles. The zero-order valence-electron chi connectivity index (χ0n) is 9.78. The van der Waals surface area contributed by atoms with Gasteiger partial charge < -0.3 is 9.51 Å². The maximum Gasteiger partial charge on any atom is 0.258 e. The Labute approximate surface area is 97.9 Å². The second-order valence-corrected chi connectivity index (χ2v) is 4.90. The Hall–Kier alpha value is -1.91. The van der Waals surface area contributed by atoms with Crippen LogP contribution in [0.1, 0.15) is 31.3 Å². The van der Waals surface area contributed by atoms with Crippen LogP contribution < -0.4 is 5.56 Å². The lowest BCUT2D eigenvalue weighted by atomic mass is 10.1. The molecule has 0 saturated heterocycles. The van der Waals surface area contributed by atoms with E-state index in [1.165, 1.54) is 6.07 Å². The first-order valence-electron chi connectivity index (χ1n) is 5.62. The average molecular weight is 231 g/mol. The molecule has 1 saturated carbocycles. The summed E-state index contributed by atoms with van der Waals surface area (Å²) in [5, 5.41) is 3.99. The summed E-state index contributed by atoms with van der Waals surface area (Å²) in [4.78, 5) is 18.4. The lowest BCUT2D eigenvalue weighted by Gasteiger charge is -1.97. The van der Waals surface area contributed by atoms with Crippen molar-refractivity contribution in [3.63, 3.8) is 0 Å². The summed E-state index contributed by atoms with van der Waals surface area (Å²) in [5.41, 5.74) is 1.38. The topological polar surface area (TPSA) is 71.8 Å². The summed E-state index contributed by atoms with van der Waals surface area (Å²) in [6, 6.07) is 3.30. The van der Waals surface area contributed by atoms with Gasteiger partial charge in [-0.15, -0.1) is 0 Å². The van der Waals surface area contributed by atoms with E-state index in [2.05, 4.69) is 22.0 Å². The molecule has 0 amide bonds. The van der Waals surface area contributed by atoms with Crippen LogP contribution in [-0.2, 0) is 5.41 Å². The van der Waals surface area contributed by atoms with E-state index < -0.39 is 0 Å². The van der Waals surface area contributed by atoms with E-state index in [9.17, 15) is 4.79 Å². The van der Waals surface area contributed by atoms with Crippen molar-refractivity contribution in [1.82, 2.24) is 15.1 Å². The van der Waals surface area contributed by atoms with Gasteiger partial charge in [-0.3, -0.25) is 4.79 Å². The molecule has 1 fully saturated rings. The van der Waals surface area contributed by atoms with E-state index in [1.54, 1.807) is 0 Å². The minimum atomic E-state index is -0.155. The summed E-state index contributed by atoms with van der Waals surface area (Å²) in [5.74, 6) is 1.16. The van der Waals surface area contributed by atoms with E-state index in [0.717, 1.165) is 24.4 Å². The van der Waals surface area contributed by atoms with Crippen molar-refractivity contribution in [3.8, 4) is 11.5 Å². The van der Waals surface area contributed by atoms with Crippen molar-refractivity contribution in [2.24, 2.45) is 0 Å². The van der Waals surface area contributed by atoms with Crippen LogP contribution in [0, 0.1) is 6.92 Å². The highest BCUT2D eigenvalue weighted by atomic mass is 16.5. The fourth-order valence-electron chi connectivity index (χ4n) is 1.80. The molecule has 5 nitrogen and oxygen atoms in total. The minimum Gasteiger partial charge on any atom is -0.334 e. The molecule has 5 heteroatoms. The summed E-state index contributed by atoms with van der Waals surface area (Å²) in [6.07, 6.45) is 2.20. The number of nitrogens with one attached hydrogen (secondary N) is 1. The number of H-pyrrole nitrogens is 1. The number of aromatic nitrogens is 3. The van der Waals surface area contributed by atoms with Gasteiger partial charge in [0.2, 0.25) is 5.56 Å². The van der Waals surface area contributed by atoms with Crippen molar-refractivity contribution in [1.29, 1.82) is 0 Å². The predicted octanol–water partition coefficient (Wildman–Crippen LogP) is 1.78. The highest BCUT2D eigenvalue weighted by molar-refractivity contribution is 5.52. The van der Waals surface area contributed by atoms with Crippen molar-refractivity contribution in [2.75, 3.05) is 0 Å². The SMILES string of the molecule is Cc1cc(-c2nc(C3(C)CC3)no2)cc(=O)[nH]1. The molecule has 0 spiro atoms. The van der Waals surface area contributed by atoms with Crippen LogP contribution >= 0.6 is 0 Å². The molecule has 17 heavy (non-hydrogen) atoms. The second-order valence-electron chi connectivity index (χ2n) is 4.90. The number of pyridine rings is 1. The van der Waals surface area contributed by atoms with E-state index in [-0.39, 0.29) is 11.0 Å². The molecule has 0 atom stereocenters. The zero-order chi connectivity index (χ0) is 12.0. The third-order valence-corrected chi connectivity index (χ3v) is 3.19. The van der Waals surface area contributed by atoms with E-state index in [1.807, 2.05) is 13.0 Å². The molecule has 2 heterocycles. The molecule has 0 unspecified atom stereocenters. The molecule has 0 bridgehead atoms. The van der Waals surface area contributed by atoms with E-state index in [4.69, 9.17) is 4.52 Å². The van der Waals surface area contributed by atoms with Crippen LogP contribution in [0.5, 0.6) is 0 Å². The fourth-order valence-corrected chi connectivity index (χ4v) is 1.80. The van der Waals surface area contributed by atoms with Crippen LogP contribution in [0.25, 0.3) is 11.5 Å². The van der Waals surface area contributed by atoms with Crippen LogP contribution in [0.2, 0.25) is 0 Å². The van der Waals surface area contributed by atoms with Gasteiger partial charge in [0, 0.05) is 22.7 Å². The van der Waals surface area contributed by atoms with Gasteiger partial charge in [0.15, 0.2) is 5.82 Å². The smallest absolute Gasteiger partial charge is 0.258 e. The quantitative estimate of drug-likeness (QED) is 0.855. The van der Waals surface area contributed by atoms with Gasteiger partial charge in [0.25, 0.3) is 5.89 Å². The first kappa shape index (κ1) is 10.3. The Kier molecular flexibility index (Phi) is 1.98. The fraction of sp³-hybridized carbons (Fsp3) is 0.417. The van der Waals surface area contributed by atoms with Gasteiger partial charge >= 0.3 is 0 Å². The van der Waals surface area contributed by atoms with Crippen LogP contribution in [0.3, 0.4) is 0 Å². The lowest BCUT2D eigenvalue weighted by molar-refractivity contribution is 0.415. The first-order chi connectivity index (χ1) is 8.07. The molecule has 1 aliphatic rings. The lowest BCUT2D eigenvalue weighted by Crippen LogP contribution is -2.06. The Morgan fingerprint density at radius 3 is 2.82 bits per heavy atom. The van der Waals surface area contributed by atoms with Gasteiger partial charge in [-0.25, -0.2) is 0 Å². The molecule has 0 aromatic carbocycles. The molecule has 88 valence electrons. The molecular formula is C12H13N3O2. The largest absolute Gasteiger partial charge is 0.334 e. The second kappa shape index (κ2) is 3.29. The van der Waals surface area contributed by atoms with Crippen LogP contribution in [0.4, 0.5) is 0 Å². The first-order valence-corrected chi connectivity index (χ1v) is 5.62.